The fraction of sp³-hybridized carbons (Fsp3) is 0.929. The van der Waals surface area contributed by atoms with Crippen LogP contribution in [0.4, 0.5) is 0 Å². The van der Waals surface area contributed by atoms with Gasteiger partial charge in [-0.3, -0.25) is 4.79 Å². The van der Waals surface area contributed by atoms with Crippen LogP contribution in [0.25, 0.3) is 0 Å². The quantitative estimate of drug-likeness (QED) is 0.149. The Balaban J connectivity index is 1.14. The van der Waals surface area contributed by atoms with Crippen molar-refractivity contribution in [1.29, 1.82) is 0 Å². The van der Waals surface area contributed by atoms with Crippen molar-refractivity contribution in [3.8, 4) is 0 Å². The molecule has 0 unspecified atom stereocenters. The maximum absolute atomic E-state index is 13.7. The van der Waals surface area contributed by atoms with Gasteiger partial charge in [0, 0.05) is 12.5 Å². The SMILES string of the molecule is C=C(C)[C@@H]1CC[C@]2(C(=O)NC)CC[C@]3(C)[C@H](CC[C@@H]4[C@@]5(C)CC[C@H](O[C@@H]6OC[C@H](O)[C@H](O)[C@H]6O[C@@H]6O[C@@H](C)[C@H](O)[C@@H](O)[C@H]6O)[C@@](C)(CO)[C@@H]5CC[C@]43C)[C@@H]12. The normalized spacial score (nSPS) is 55.8. The van der Waals surface area contributed by atoms with Crippen molar-refractivity contribution < 1.29 is 54.4 Å². The highest BCUT2D eigenvalue weighted by atomic mass is 16.8. The van der Waals surface area contributed by atoms with E-state index in [2.05, 4.69) is 46.5 Å². The van der Waals surface area contributed by atoms with E-state index >= 15 is 0 Å². The number of allylic oxidation sites excluding steroid dienone is 1. The molecule has 2 aliphatic heterocycles. The number of carbonyl (C=O) groups is 1. The Bertz CT molecular complexity index is 1430. The van der Waals surface area contributed by atoms with Gasteiger partial charge in [-0.1, -0.05) is 39.8 Å². The monoisotopic (exact) mass is 763 g/mol. The van der Waals surface area contributed by atoms with E-state index in [1.54, 1.807) is 14.0 Å². The molecule has 7 fully saturated rings. The summed E-state index contributed by atoms with van der Waals surface area (Å²) in [5.74, 6) is 1.84. The lowest BCUT2D eigenvalue weighted by Gasteiger charge is -2.73. The molecule has 7 aliphatic rings. The number of fused-ring (bicyclic) bond motifs is 7. The average Bonchev–Trinajstić information content (AvgIpc) is 3.55. The summed E-state index contributed by atoms with van der Waals surface area (Å²) < 4.78 is 24.4. The smallest absolute Gasteiger partial charge is 0.226 e. The zero-order valence-corrected chi connectivity index (χ0v) is 33.6. The second-order valence-electron chi connectivity index (χ2n) is 19.8. The van der Waals surface area contributed by atoms with Crippen LogP contribution in [0.2, 0.25) is 0 Å². The van der Waals surface area contributed by atoms with Gasteiger partial charge in [0.2, 0.25) is 5.91 Å². The van der Waals surface area contributed by atoms with Crippen LogP contribution < -0.4 is 5.32 Å². The summed E-state index contributed by atoms with van der Waals surface area (Å²) in [6.45, 7) is 17.5. The molecular weight excluding hydrogens is 694 g/mol. The second kappa shape index (κ2) is 14.3. The molecule has 0 aromatic rings. The van der Waals surface area contributed by atoms with Gasteiger partial charge in [0.05, 0.1) is 30.8 Å². The van der Waals surface area contributed by atoms with Crippen molar-refractivity contribution in [3.63, 3.8) is 0 Å². The van der Waals surface area contributed by atoms with E-state index in [0.29, 0.717) is 30.1 Å². The standard InChI is InChI=1S/C42H69NO11/c1-21(2)23-11-16-42(37(50)43-8)18-17-40(6)24(29(23)42)9-10-27-38(4)14-13-28(39(5,20-44)26(38)12-15-41(27,40)7)53-36-34(31(47)25(45)19-51-36)54-35-33(49)32(48)30(46)22(3)52-35/h22-36,44-49H,1,9-20H2,2-8H3,(H,43,50)/t22-,23-,24+,25-,26+,27+,28-,29+,30-,31-,32+,33+,34+,35-,36-,38-,39-,40+,41+,42-/m0/s1. The molecule has 12 heteroatoms. The van der Waals surface area contributed by atoms with Gasteiger partial charge in [0.25, 0.3) is 0 Å². The first-order valence-electron chi connectivity index (χ1n) is 20.8. The van der Waals surface area contributed by atoms with E-state index < -0.39 is 66.8 Å². The van der Waals surface area contributed by atoms with Crippen LogP contribution in [-0.4, -0.2) is 118 Å². The number of amides is 1. The summed E-state index contributed by atoms with van der Waals surface area (Å²) in [5, 5.41) is 67.4. The van der Waals surface area contributed by atoms with Crippen molar-refractivity contribution in [3.05, 3.63) is 12.2 Å². The van der Waals surface area contributed by atoms with Crippen LogP contribution in [0, 0.1) is 56.7 Å². The number of hydrogen-bond acceptors (Lipinski definition) is 11. The average molecular weight is 764 g/mol. The molecule has 20 atom stereocenters. The summed E-state index contributed by atoms with van der Waals surface area (Å²) in [6.07, 6.45) is -2.85. The zero-order chi connectivity index (χ0) is 39.3. The summed E-state index contributed by atoms with van der Waals surface area (Å²) in [7, 11) is 1.79. The number of nitrogens with one attached hydrogen (secondary N) is 1. The number of rotatable bonds is 7. The largest absolute Gasteiger partial charge is 0.396 e. The molecule has 5 aliphatic carbocycles. The highest BCUT2D eigenvalue weighted by molar-refractivity contribution is 5.83. The number of aliphatic hydroxyl groups excluding tert-OH is 6. The van der Waals surface area contributed by atoms with Gasteiger partial charge in [0.1, 0.15) is 36.6 Å². The number of hydrogen-bond donors (Lipinski definition) is 7. The maximum Gasteiger partial charge on any atom is 0.226 e. The molecule has 0 aromatic carbocycles. The van der Waals surface area contributed by atoms with Gasteiger partial charge in [-0.05, 0) is 124 Å². The maximum atomic E-state index is 13.7. The van der Waals surface area contributed by atoms with Crippen LogP contribution in [0.3, 0.4) is 0 Å². The predicted octanol–water partition coefficient (Wildman–Crippen LogP) is 3.04. The zero-order valence-electron chi connectivity index (χ0n) is 33.6. The Hall–Kier alpha value is -1.19. The van der Waals surface area contributed by atoms with Gasteiger partial charge in [-0.2, -0.15) is 0 Å². The van der Waals surface area contributed by atoms with E-state index in [9.17, 15) is 35.4 Å². The minimum atomic E-state index is -1.61. The molecule has 12 nitrogen and oxygen atoms in total. The topological polar surface area (TPSA) is 187 Å². The van der Waals surface area contributed by atoms with E-state index in [1.807, 2.05) is 0 Å². The molecule has 0 aromatic heterocycles. The van der Waals surface area contributed by atoms with Gasteiger partial charge >= 0.3 is 0 Å². The number of aliphatic hydroxyl groups is 6. The van der Waals surface area contributed by atoms with E-state index in [-0.39, 0.29) is 46.7 Å². The molecule has 1 amide bonds. The lowest BCUT2D eigenvalue weighted by molar-refractivity contribution is -0.366. The second-order valence-corrected chi connectivity index (χ2v) is 19.8. The van der Waals surface area contributed by atoms with Crippen LogP contribution in [0.1, 0.15) is 106 Å². The van der Waals surface area contributed by atoms with Gasteiger partial charge < -0.3 is 54.9 Å². The third kappa shape index (κ3) is 5.77. The lowest BCUT2D eigenvalue weighted by Crippen LogP contribution is -2.68. The highest BCUT2D eigenvalue weighted by Crippen LogP contribution is 2.77. The van der Waals surface area contributed by atoms with E-state index in [0.717, 1.165) is 57.8 Å². The molecule has 5 saturated carbocycles. The van der Waals surface area contributed by atoms with Crippen LogP contribution in [-0.2, 0) is 23.7 Å². The third-order valence-corrected chi connectivity index (χ3v) is 17.7. The first-order valence-corrected chi connectivity index (χ1v) is 20.8. The molecule has 0 spiro atoms. The minimum absolute atomic E-state index is 0.0457. The Morgan fingerprint density at radius 1 is 0.815 bits per heavy atom. The Morgan fingerprint density at radius 3 is 2.20 bits per heavy atom. The molecule has 2 heterocycles. The molecule has 54 heavy (non-hydrogen) atoms. The van der Waals surface area contributed by atoms with Crippen LogP contribution >= 0.6 is 0 Å². The van der Waals surface area contributed by atoms with E-state index in [4.69, 9.17) is 18.9 Å². The first-order chi connectivity index (χ1) is 25.3. The Labute approximate surface area is 321 Å². The van der Waals surface area contributed by atoms with Crippen molar-refractivity contribution >= 4 is 5.91 Å². The molecule has 0 radical (unpaired) electrons. The fourth-order valence-corrected chi connectivity index (χ4v) is 14.5. The van der Waals surface area contributed by atoms with Crippen LogP contribution in [0.5, 0.6) is 0 Å². The first kappa shape index (κ1) is 41.0. The summed E-state index contributed by atoms with van der Waals surface area (Å²) >= 11 is 0. The predicted molar refractivity (Wildman–Crippen MR) is 198 cm³/mol. The van der Waals surface area contributed by atoms with Gasteiger partial charge in [0.15, 0.2) is 12.6 Å². The lowest BCUT2D eigenvalue weighted by atomic mass is 9.32. The third-order valence-electron chi connectivity index (χ3n) is 17.7. The Kier molecular flexibility index (Phi) is 10.8. The van der Waals surface area contributed by atoms with Crippen molar-refractivity contribution in [2.24, 2.45) is 56.7 Å². The fourth-order valence-electron chi connectivity index (χ4n) is 14.5. The van der Waals surface area contributed by atoms with Crippen molar-refractivity contribution in [1.82, 2.24) is 5.32 Å². The molecule has 7 N–H and O–H groups in total. The van der Waals surface area contributed by atoms with Crippen LogP contribution in [0.15, 0.2) is 12.2 Å². The molecule has 0 bridgehead atoms. The van der Waals surface area contributed by atoms with Gasteiger partial charge in [-0.25, -0.2) is 0 Å². The Morgan fingerprint density at radius 2 is 1.54 bits per heavy atom. The van der Waals surface area contributed by atoms with Crippen molar-refractivity contribution in [2.45, 2.75) is 167 Å². The molecule has 7 rings (SSSR count). The van der Waals surface area contributed by atoms with Gasteiger partial charge in [-0.15, -0.1) is 0 Å². The number of ether oxygens (including phenoxy) is 4. The number of carbonyl (C=O) groups excluding carboxylic acids is 1. The minimum Gasteiger partial charge on any atom is -0.396 e. The summed E-state index contributed by atoms with van der Waals surface area (Å²) in [5.41, 5.74) is 0.240. The molecule has 2 saturated heterocycles. The van der Waals surface area contributed by atoms with E-state index in [1.165, 1.54) is 5.57 Å². The molecular formula is C42H69NO11. The summed E-state index contributed by atoms with van der Waals surface area (Å²) in [6, 6.07) is 0. The summed E-state index contributed by atoms with van der Waals surface area (Å²) in [4.78, 5) is 13.7. The molecule has 308 valence electrons. The van der Waals surface area contributed by atoms with Crippen molar-refractivity contribution in [2.75, 3.05) is 20.3 Å². The highest BCUT2D eigenvalue weighted by Gasteiger charge is 2.72.